The lowest BCUT2D eigenvalue weighted by atomic mass is 10.1. The van der Waals surface area contributed by atoms with Gasteiger partial charge in [-0.1, -0.05) is 0 Å². The van der Waals surface area contributed by atoms with E-state index in [0.29, 0.717) is 29.4 Å². The summed E-state index contributed by atoms with van der Waals surface area (Å²) in [4.78, 5) is 20.9. The number of nitrogens with zero attached hydrogens (tertiary/aromatic N) is 3. The Hall–Kier alpha value is -4.35. The largest absolute Gasteiger partial charge is 0.497 e. The summed E-state index contributed by atoms with van der Waals surface area (Å²) in [6.45, 7) is 2.60. The molecule has 0 bridgehead atoms. The van der Waals surface area contributed by atoms with Crippen LogP contribution in [0.25, 0.3) is 0 Å². The molecule has 0 aromatic heterocycles. The predicted octanol–water partition coefficient (Wildman–Crippen LogP) is 6.41. The number of alkyl halides is 3. The first-order valence-electron chi connectivity index (χ1n) is 12.0. The zero-order valence-corrected chi connectivity index (χ0v) is 20.9. The number of hydrogen-bond acceptors (Lipinski definition) is 5. The van der Waals surface area contributed by atoms with Gasteiger partial charge in [0.15, 0.2) is 17.4 Å². The van der Waals surface area contributed by atoms with Crippen LogP contribution < -0.4 is 14.8 Å². The number of benzene rings is 3. The van der Waals surface area contributed by atoms with Gasteiger partial charge in [-0.2, -0.15) is 13.2 Å². The second-order valence-electron chi connectivity index (χ2n) is 9.13. The van der Waals surface area contributed by atoms with E-state index in [2.05, 4.69) is 10.3 Å². The summed E-state index contributed by atoms with van der Waals surface area (Å²) in [7, 11) is 1.49. The molecule has 5 rings (SSSR count). The van der Waals surface area contributed by atoms with E-state index in [0.717, 1.165) is 24.3 Å². The number of nitrogens with one attached hydrogen (secondary N) is 1. The van der Waals surface area contributed by atoms with E-state index in [9.17, 15) is 26.7 Å². The van der Waals surface area contributed by atoms with Gasteiger partial charge < -0.3 is 24.6 Å². The first kappa shape index (κ1) is 26.3. The van der Waals surface area contributed by atoms with Crippen molar-refractivity contribution in [2.24, 2.45) is 4.99 Å². The molecule has 0 radical (unpaired) electrons. The highest BCUT2D eigenvalue weighted by atomic mass is 19.4. The topological polar surface area (TPSA) is 66.4 Å². The van der Waals surface area contributed by atoms with E-state index in [1.54, 1.807) is 25.1 Å². The Balaban J connectivity index is 1.44. The van der Waals surface area contributed by atoms with E-state index >= 15 is 0 Å². The Kier molecular flexibility index (Phi) is 6.79. The van der Waals surface area contributed by atoms with E-state index < -0.39 is 29.4 Å². The van der Waals surface area contributed by atoms with Gasteiger partial charge in [-0.15, -0.1) is 0 Å². The number of piperazine rings is 1. The molecule has 39 heavy (non-hydrogen) atoms. The molecule has 2 heterocycles. The Labute approximate surface area is 220 Å². The van der Waals surface area contributed by atoms with Gasteiger partial charge in [0.2, 0.25) is 0 Å². The maximum absolute atomic E-state index is 13.6. The van der Waals surface area contributed by atoms with E-state index in [1.165, 1.54) is 24.1 Å². The monoisotopic (exact) mass is 546 g/mol. The quantitative estimate of drug-likeness (QED) is 0.377. The number of urea groups is 1. The van der Waals surface area contributed by atoms with Crippen LogP contribution in [0.15, 0.2) is 59.6 Å². The maximum Gasteiger partial charge on any atom is 0.416 e. The number of amides is 2. The van der Waals surface area contributed by atoms with Crippen molar-refractivity contribution in [3.63, 3.8) is 0 Å². The van der Waals surface area contributed by atoms with Crippen molar-refractivity contribution >= 4 is 23.2 Å². The molecule has 1 saturated heterocycles. The molecule has 3 aromatic rings. The number of methoxy groups -OCH3 is 1. The molecule has 1 fully saturated rings. The molecule has 2 aliphatic rings. The molecule has 12 heteroatoms. The third-order valence-electron chi connectivity index (χ3n) is 6.52. The van der Waals surface area contributed by atoms with E-state index in [-0.39, 0.29) is 36.3 Å². The SMILES string of the molecule is COc1ccc2c(c1)C(N1CCN(C(=O)Nc3ccc(F)c(F)c3)[C@@H](C)C1)=Nc1cc(C(F)(F)F)ccc1O2. The van der Waals surface area contributed by atoms with Gasteiger partial charge in [-0.3, -0.25) is 0 Å². The van der Waals surface area contributed by atoms with Crippen molar-refractivity contribution in [3.8, 4) is 17.2 Å². The predicted molar refractivity (Wildman–Crippen MR) is 134 cm³/mol. The molecule has 3 aromatic carbocycles. The molecule has 7 nitrogen and oxygen atoms in total. The summed E-state index contributed by atoms with van der Waals surface area (Å²) >= 11 is 0. The third-order valence-corrected chi connectivity index (χ3v) is 6.52. The van der Waals surface area contributed by atoms with Gasteiger partial charge in [0.05, 0.1) is 18.2 Å². The van der Waals surface area contributed by atoms with Crippen molar-refractivity contribution in [1.82, 2.24) is 9.80 Å². The Morgan fingerprint density at radius 2 is 1.79 bits per heavy atom. The van der Waals surface area contributed by atoms with Gasteiger partial charge in [-0.05, 0) is 55.5 Å². The third kappa shape index (κ3) is 5.31. The molecule has 204 valence electrons. The second kappa shape index (κ2) is 10.1. The molecule has 2 amide bonds. The molecule has 0 aliphatic carbocycles. The standard InChI is InChI=1S/C27H23F5N4O3/c1-15-14-35(9-10-36(15)26(37)33-17-4-6-20(28)21(29)12-17)25-19-13-18(38-2)5-8-23(19)39-24-7-3-16(27(30,31)32)11-22(24)34-25/h3-8,11-13,15H,9-10,14H2,1-2H3,(H,33,37)/t15-/m0/s1. The molecule has 2 aliphatic heterocycles. The van der Waals surface area contributed by atoms with Crippen molar-refractivity contribution < 1.29 is 36.2 Å². The summed E-state index contributed by atoms with van der Waals surface area (Å²) < 4.78 is 78.5. The summed E-state index contributed by atoms with van der Waals surface area (Å²) in [5.41, 5.74) is -0.215. The lowest BCUT2D eigenvalue weighted by Gasteiger charge is -2.41. The number of halogens is 5. The summed E-state index contributed by atoms with van der Waals surface area (Å²) in [5.74, 6) is -0.674. The number of hydrogen-bond donors (Lipinski definition) is 1. The van der Waals surface area contributed by atoms with Gasteiger partial charge in [-0.25, -0.2) is 18.6 Å². The first-order valence-corrected chi connectivity index (χ1v) is 12.0. The van der Waals surface area contributed by atoms with Crippen molar-refractivity contribution in [3.05, 3.63) is 77.4 Å². The number of fused-ring (bicyclic) bond motifs is 2. The zero-order valence-electron chi connectivity index (χ0n) is 20.9. The Bertz CT molecular complexity index is 1460. The fourth-order valence-corrected chi connectivity index (χ4v) is 4.52. The molecule has 0 spiro atoms. The van der Waals surface area contributed by atoms with Gasteiger partial charge in [0.1, 0.15) is 23.0 Å². The van der Waals surface area contributed by atoms with Crippen molar-refractivity contribution in [2.75, 3.05) is 32.1 Å². The zero-order chi connectivity index (χ0) is 27.9. The van der Waals surface area contributed by atoms with Crippen LogP contribution in [0.3, 0.4) is 0 Å². The highest BCUT2D eigenvalue weighted by Crippen LogP contribution is 2.42. The highest BCUT2D eigenvalue weighted by molar-refractivity contribution is 6.04. The average molecular weight is 546 g/mol. The Morgan fingerprint density at radius 1 is 1.03 bits per heavy atom. The van der Waals surface area contributed by atoms with Crippen LogP contribution >= 0.6 is 0 Å². The molecule has 0 unspecified atom stereocenters. The minimum absolute atomic E-state index is 0.0150. The van der Waals surface area contributed by atoms with Gasteiger partial charge in [0.25, 0.3) is 0 Å². The van der Waals surface area contributed by atoms with Gasteiger partial charge in [0, 0.05) is 37.4 Å². The van der Waals surface area contributed by atoms with Crippen LogP contribution in [0, 0.1) is 11.6 Å². The molecule has 1 N–H and O–H groups in total. The van der Waals surface area contributed by atoms with Crippen LogP contribution in [0.2, 0.25) is 0 Å². The number of ether oxygens (including phenoxy) is 2. The summed E-state index contributed by atoms with van der Waals surface area (Å²) in [5, 5.41) is 2.57. The average Bonchev–Trinajstić information content (AvgIpc) is 3.06. The number of rotatable bonds is 2. The number of carbonyl (C=O) groups excluding carboxylic acids is 1. The lowest BCUT2D eigenvalue weighted by molar-refractivity contribution is -0.137. The van der Waals surface area contributed by atoms with Crippen molar-refractivity contribution in [2.45, 2.75) is 19.1 Å². The van der Waals surface area contributed by atoms with Crippen molar-refractivity contribution in [1.29, 1.82) is 0 Å². The number of anilines is 1. The van der Waals surface area contributed by atoms with Gasteiger partial charge >= 0.3 is 12.2 Å². The van der Waals surface area contributed by atoms with Crippen LogP contribution in [0.4, 0.5) is 38.1 Å². The highest BCUT2D eigenvalue weighted by Gasteiger charge is 2.34. The lowest BCUT2D eigenvalue weighted by Crippen LogP contribution is -2.56. The van der Waals surface area contributed by atoms with Crippen LogP contribution in [-0.2, 0) is 6.18 Å². The maximum atomic E-state index is 13.6. The molecule has 1 atom stereocenters. The Morgan fingerprint density at radius 3 is 2.49 bits per heavy atom. The smallest absolute Gasteiger partial charge is 0.416 e. The van der Waals surface area contributed by atoms with E-state index in [4.69, 9.17) is 9.47 Å². The summed E-state index contributed by atoms with van der Waals surface area (Å²) in [6.07, 6.45) is -4.56. The van der Waals surface area contributed by atoms with E-state index in [1.807, 2.05) is 4.90 Å². The van der Waals surface area contributed by atoms with Crippen LogP contribution in [-0.4, -0.2) is 54.5 Å². The number of amidine groups is 1. The minimum atomic E-state index is -4.56. The normalized spacial score (nSPS) is 16.9. The molecular weight excluding hydrogens is 523 g/mol. The fraction of sp³-hybridized carbons (Fsp3) is 0.259. The number of aliphatic imine (C=N–C) groups is 1. The number of carbonyl (C=O) groups is 1. The van der Waals surface area contributed by atoms with Crippen LogP contribution in [0.1, 0.15) is 18.1 Å². The fourth-order valence-electron chi connectivity index (χ4n) is 4.52. The first-order chi connectivity index (χ1) is 18.5. The second-order valence-corrected chi connectivity index (χ2v) is 9.13. The summed E-state index contributed by atoms with van der Waals surface area (Å²) in [6, 6.07) is 10.3. The molecular formula is C27H23F5N4O3. The molecule has 0 saturated carbocycles. The van der Waals surface area contributed by atoms with Crippen LogP contribution in [0.5, 0.6) is 17.2 Å². The minimum Gasteiger partial charge on any atom is -0.497 e.